The summed E-state index contributed by atoms with van der Waals surface area (Å²) in [6.45, 7) is 1.91. The van der Waals surface area contributed by atoms with E-state index in [1.54, 1.807) is 4.90 Å². The second-order valence-corrected chi connectivity index (χ2v) is 2.52. The number of rotatable bonds is 2. The number of carbonyl (C=O) groups is 1. The van der Waals surface area contributed by atoms with Gasteiger partial charge in [0.2, 0.25) is 0 Å². The van der Waals surface area contributed by atoms with Gasteiger partial charge in [-0.15, -0.1) is 0 Å². The van der Waals surface area contributed by atoms with Gasteiger partial charge < -0.3 is 15.0 Å². The van der Waals surface area contributed by atoms with E-state index >= 15 is 0 Å². The van der Waals surface area contributed by atoms with Crippen molar-refractivity contribution in [3.63, 3.8) is 0 Å². The number of urea groups is 1. The van der Waals surface area contributed by atoms with E-state index in [-0.39, 0.29) is 12.6 Å². The fraction of sp³-hybridized carbons (Fsp3) is 0.857. The van der Waals surface area contributed by atoms with Crippen molar-refractivity contribution >= 4 is 6.03 Å². The minimum absolute atomic E-state index is 0.0934. The molecule has 0 radical (unpaired) electrons. The molecule has 0 aromatic rings. The summed E-state index contributed by atoms with van der Waals surface area (Å²) in [7, 11) is 0. The topological polar surface area (TPSA) is 41.6 Å². The van der Waals surface area contributed by atoms with Crippen molar-refractivity contribution in [2.45, 2.75) is 0 Å². The predicted octanol–water partition coefficient (Wildman–Crippen LogP) is -0.00230. The second-order valence-electron chi connectivity index (χ2n) is 2.52. The quantitative estimate of drug-likeness (QED) is 0.643. The smallest absolute Gasteiger partial charge is 0.317 e. The Morgan fingerprint density at radius 3 is 2.75 bits per heavy atom. The van der Waals surface area contributed by atoms with Crippen molar-refractivity contribution < 1.29 is 13.9 Å². The first-order valence-corrected chi connectivity index (χ1v) is 4.01. The number of amides is 2. The lowest BCUT2D eigenvalue weighted by Gasteiger charge is -2.26. The molecule has 0 aromatic carbocycles. The van der Waals surface area contributed by atoms with Crippen LogP contribution in [0, 0.1) is 0 Å². The maximum absolute atomic E-state index is 11.7. The van der Waals surface area contributed by atoms with Gasteiger partial charge in [-0.3, -0.25) is 0 Å². The fourth-order valence-corrected chi connectivity index (χ4v) is 1.03. The molecule has 0 spiro atoms. The molecule has 1 fully saturated rings. The highest BCUT2D eigenvalue weighted by atomic mass is 19.1. The van der Waals surface area contributed by atoms with Crippen molar-refractivity contribution in [2.75, 3.05) is 39.5 Å². The molecule has 0 unspecified atom stereocenters. The van der Waals surface area contributed by atoms with Crippen LogP contribution >= 0.6 is 0 Å². The van der Waals surface area contributed by atoms with Crippen LogP contribution in [0.1, 0.15) is 0 Å². The van der Waals surface area contributed by atoms with Crippen molar-refractivity contribution in [1.29, 1.82) is 0 Å². The molecule has 4 nitrogen and oxygen atoms in total. The number of halogens is 1. The van der Waals surface area contributed by atoms with E-state index in [0.29, 0.717) is 26.3 Å². The van der Waals surface area contributed by atoms with Crippen LogP contribution in [-0.4, -0.2) is 50.5 Å². The van der Waals surface area contributed by atoms with Crippen LogP contribution in [0.5, 0.6) is 0 Å². The maximum atomic E-state index is 11.7. The Balaban J connectivity index is 2.20. The molecule has 1 aliphatic heterocycles. The molecule has 12 heavy (non-hydrogen) atoms. The lowest BCUT2D eigenvalue weighted by Crippen LogP contribution is -2.46. The molecule has 5 heteroatoms. The SMILES string of the molecule is O=C(NCCF)N1CCOCC1. The van der Waals surface area contributed by atoms with E-state index in [9.17, 15) is 9.18 Å². The average Bonchev–Trinajstić information content (AvgIpc) is 2.15. The number of hydrogen-bond acceptors (Lipinski definition) is 2. The van der Waals surface area contributed by atoms with Gasteiger partial charge >= 0.3 is 6.03 Å². The van der Waals surface area contributed by atoms with Crippen molar-refractivity contribution in [3.8, 4) is 0 Å². The molecule has 0 aliphatic carbocycles. The normalized spacial score (nSPS) is 17.6. The molecule has 1 heterocycles. The Morgan fingerprint density at radius 2 is 2.17 bits per heavy atom. The summed E-state index contributed by atoms with van der Waals surface area (Å²) in [6, 6.07) is -0.198. The first kappa shape index (κ1) is 9.25. The van der Waals surface area contributed by atoms with E-state index in [2.05, 4.69) is 5.32 Å². The predicted molar refractivity (Wildman–Crippen MR) is 41.8 cm³/mol. The number of ether oxygens (including phenoxy) is 1. The zero-order valence-corrected chi connectivity index (χ0v) is 6.88. The number of morpholine rings is 1. The van der Waals surface area contributed by atoms with E-state index in [4.69, 9.17) is 4.74 Å². The van der Waals surface area contributed by atoms with Gasteiger partial charge in [0.25, 0.3) is 0 Å². The monoisotopic (exact) mass is 176 g/mol. The molecule has 1 saturated heterocycles. The number of nitrogens with one attached hydrogen (secondary N) is 1. The first-order valence-electron chi connectivity index (χ1n) is 4.01. The second kappa shape index (κ2) is 4.92. The highest BCUT2D eigenvalue weighted by Crippen LogP contribution is 1.96. The molecule has 1 N–H and O–H groups in total. The van der Waals surface area contributed by atoms with Crippen LogP contribution in [0.4, 0.5) is 9.18 Å². The third kappa shape index (κ3) is 2.65. The van der Waals surface area contributed by atoms with Gasteiger partial charge in [0.05, 0.1) is 13.2 Å². The summed E-state index contributed by atoms with van der Waals surface area (Å²) in [5, 5.41) is 2.46. The molecule has 1 rings (SSSR count). The molecule has 0 aromatic heterocycles. The molecule has 1 aliphatic rings. The Hall–Kier alpha value is -0.840. The fourth-order valence-electron chi connectivity index (χ4n) is 1.03. The van der Waals surface area contributed by atoms with E-state index < -0.39 is 6.67 Å². The molecule has 70 valence electrons. The van der Waals surface area contributed by atoms with Gasteiger partial charge in [0, 0.05) is 19.6 Å². The van der Waals surface area contributed by atoms with Crippen LogP contribution < -0.4 is 5.32 Å². The van der Waals surface area contributed by atoms with Gasteiger partial charge in [0.15, 0.2) is 0 Å². The molecule has 2 amide bonds. The average molecular weight is 176 g/mol. The van der Waals surface area contributed by atoms with E-state index in [0.717, 1.165) is 0 Å². The van der Waals surface area contributed by atoms with Gasteiger partial charge in [-0.2, -0.15) is 0 Å². The number of hydrogen-bond donors (Lipinski definition) is 1. The summed E-state index contributed by atoms with van der Waals surface area (Å²) < 4.78 is 16.7. The zero-order chi connectivity index (χ0) is 8.81. The minimum Gasteiger partial charge on any atom is -0.378 e. The minimum atomic E-state index is -0.518. The largest absolute Gasteiger partial charge is 0.378 e. The van der Waals surface area contributed by atoms with Crippen LogP contribution in [-0.2, 0) is 4.74 Å². The van der Waals surface area contributed by atoms with Crippen LogP contribution in [0.25, 0.3) is 0 Å². The zero-order valence-electron chi connectivity index (χ0n) is 6.88. The standard InChI is InChI=1S/C7H13FN2O2/c8-1-2-9-7(11)10-3-5-12-6-4-10/h1-6H2,(H,9,11). The molecule has 0 saturated carbocycles. The summed E-state index contributed by atoms with van der Waals surface area (Å²) in [4.78, 5) is 12.8. The lowest BCUT2D eigenvalue weighted by atomic mass is 10.4. The van der Waals surface area contributed by atoms with Gasteiger partial charge in [-0.05, 0) is 0 Å². The van der Waals surface area contributed by atoms with E-state index in [1.165, 1.54) is 0 Å². The van der Waals surface area contributed by atoms with Crippen LogP contribution in [0.15, 0.2) is 0 Å². The third-order valence-corrected chi connectivity index (χ3v) is 1.67. The number of carbonyl (C=O) groups excluding carboxylic acids is 1. The van der Waals surface area contributed by atoms with Crippen LogP contribution in [0.2, 0.25) is 0 Å². The van der Waals surface area contributed by atoms with Gasteiger partial charge in [0.1, 0.15) is 6.67 Å². The lowest BCUT2D eigenvalue weighted by molar-refractivity contribution is 0.0531. The van der Waals surface area contributed by atoms with Crippen molar-refractivity contribution in [1.82, 2.24) is 10.2 Å². The Kier molecular flexibility index (Phi) is 3.79. The highest BCUT2D eigenvalue weighted by Gasteiger charge is 2.15. The molecule has 0 atom stereocenters. The van der Waals surface area contributed by atoms with Gasteiger partial charge in [-0.1, -0.05) is 0 Å². The van der Waals surface area contributed by atoms with Gasteiger partial charge in [-0.25, -0.2) is 9.18 Å². The number of nitrogens with zero attached hydrogens (tertiary/aromatic N) is 1. The maximum Gasteiger partial charge on any atom is 0.317 e. The molecular formula is C7H13FN2O2. The Labute approximate surface area is 70.7 Å². The van der Waals surface area contributed by atoms with Crippen LogP contribution in [0.3, 0.4) is 0 Å². The first-order chi connectivity index (χ1) is 5.84. The summed E-state index contributed by atoms with van der Waals surface area (Å²) in [5.41, 5.74) is 0. The summed E-state index contributed by atoms with van der Waals surface area (Å²) in [6.07, 6.45) is 0. The molecule has 0 bridgehead atoms. The highest BCUT2D eigenvalue weighted by molar-refractivity contribution is 5.74. The third-order valence-electron chi connectivity index (χ3n) is 1.67. The summed E-state index contributed by atoms with van der Waals surface area (Å²) in [5.74, 6) is 0. The van der Waals surface area contributed by atoms with E-state index in [1.807, 2.05) is 0 Å². The Morgan fingerprint density at radius 1 is 1.50 bits per heavy atom. The number of alkyl halides is 1. The Bertz CT molecular complexity index is 148. The summed E-state index contributed by atoms with van der Waals surface area (Å²) >= 11 is 0. The van der Waals surface area contributed by atoms with Crippen molar-refractivity contribution in [3.05, 3.63) is 0 Å². The van der Waals surface area contributed by atoms with Crippen molar-refractivity contribution in [2.24, 2.45) is 0 Å². The molecular weight excluding hydrogens is 163 g/mol.